The molecule has 0 amide bonds. The van der Waals surface area contributed by atoms with E-state index >= 15 is 0 Å². The van der Waals surface area contributed by atoms with Crippen LogP contribution in [0.5, 0.6) is 0 Å². The normalized spacial score (nSPS) is 22.6. The molecule has 1 saturated carbocycles. The number of nitrogens with zero attached hydrogens (tertiary/aromatic N) is 3. The highest BCUT2D eigenvalue weighted by Gasteiger charge is 2.59. The van der Waals surface area contributed by atoms with Crippen LogP contribution in [0.2, 0.25) is 0 Å². The number of hydrogen-bond donors (Lipinski definition) is 0. The first-order chi connectivity index (χ1) is 38.3. The molecule has 7 aromatic rings. The van der Waals surface area contributed by atoms with Crippen LogP contribution < -0.4 is 31.1 Å². The van der Waals surface area contributed by atoms with E-state index in [0.717, 1.165) is 12.8 Å². The van der Waals surface area contributed by atoms with Crippen LogP contribution in [-0.4, -0.2) is 12.3 Å². The molecule has 0 aromatic heterocycles. The molecule has 424 valence electrons. The minimum Gasteiger partial charge on any atom is -0.334 e. The van der Waals surface area contributed by atoms with Gasteiger partial charge in [0.1, 0.15) is 0 Å². The van der Waals surface area contributed by atoms with Gasteiger partial charge in [-0.15, -0.1) is 0 Å². The molecule has 7 aromatic carbocycles. The third kappa shape index (κ3) is 8.15. The molecular weight excluding hydrogens is 990 g/mol. The third-order valence-electron chi connectivity index (χ3n) is 22.4. The first kappa shape index (κ1) is 55.2. The summed E-state index contributed by atoms with van der Waals surface area (Å²) >= 11 is 0. The van der Waals surface area contributed by atoms with Crippen molar-refractivity contribution < 1.29 is 0 Å². The fraction of sp³-hybridized carbons (Fsp3) is 0.462. The first-order valence-electron chi connectivity index (χ1n) is 31.7. The van der Waals surface area contributed by atoms with Crippen molar-refractivity contribution in [3.05, 3.63) is 172 Å². The van der Waals surface area contributed by atoms with Gasteiger partial charge in [0.2, 0.25) is 0 Å². The molecule has 1 fully saturated rings. The van der Waals surface area contributed by atoms with Gasteiger partial charge >= 0.3 is 0 Å². The summed E-state index contributed by atoms with van der Waals surface area (Å²) in [5.41, 5.74) is 28.5. The Bertz CT molecular complexity index is 3770. The Morgan fingerprint density at radius 2 is 0.878 bits per heavy atom. The Balaban J connectivity index is 1.21. The van der Waals surface area contributed by atoms with Gasteiger partial charge in [-0.05, 0) is 204 Å². The molecule has 13 rings (SSSR count). The van der Waals surface area contributed by atoms with Crippen molar-refractivity contribution in [3.63, 3.8) is 0 Å². The van der Waals surface area contributed by atoms with Gasteiger partial charge in [-0.2, -0.15) is 0 Å². The fourth-order valence-electron chi connectivity index (χ4n) is 16.5. The molecule has 3 heterocycles. The van der Waals surface area contributed by atoms with Gasteiger partial charge in [-0.25, -0.2) is 0 Å². The molecule has 82 heavy (non-hydrogen) atoms. The number of hydrogen-bond acceptors (Lipinski definition) is 3. The average molecular weight is 1080 g/mol. The first-order valence-corrected chi connectivity index (χ1v) is 31.7. The van der Waals surface area contributed by atoms with Crippen LogP contribution in [-0.2, 0) is 43.3 Å². The molecule has 0 spiro atoms. The largest absolute Gasteiger partial charge is 0.334 e. The molecule has 0 N–H and O–H groups in total. The van der Waals surface area contributed by atoms with Gasteiger partial charge in [0, 0.05) is 50.8 Å². The van der Waals surface area contributed by atoms with Gasteiger partial charge in [-0.1, -0.05) is 210 Å². The maximum Gasteiger partial charge on any atom is 0.252 e. The predicted molar refractivity (Wildman–Crippen MR) is 355 cm³/mol. The minimum absolute atomic E-state index is 0.0157. The fourth-order valence-corrected chi connectivity index (χ4v) is 16.5. The lowest BCUT2D eigenvalue weighted by Crippen LogP contribution is -2.62. The van der Waals surface area contributed by atoms with Crippen molar-refractivity contribution in [1.82, 2.24) is 0 Å². The lowest BCUT2D eigenvalue weighted by atomic mass is 9.33. The molecule has 3 aliphatic heterocycles. The summed E-state index contributed by atoms with van der Waals surface area (Å²) in [6.07, 6.45) is 9.45. The zero-order valence-corrected chi connectivity index (χ0v) is 53.7. The van der Waals surface area contributed by atoms with E-state index in [1.165, 1.54) is 156 Å². The quantitative estimate of drug-likeness (QED) is 0.163. The summed E-state index contributed by atoms with van der Waals surface area (Å²) in [7, 11) is 0. The van der Waals surface area contributed by atoms with Gasteiger partial charge in [0.05, 0.1) is 11.2 Å². The molecule has 3 nitrogen and oxygen atoms in total. The van der Waals surface area contributed by atoms with Crippen LogP contribution in [0.1, 0.15) is 227 Å². The smallest absolute Gasteiger partial charge is 0.252 e. The molecule has 3 aliphatic carbocycles. The number of fused-ring (bicyclic) bond motifs is 9. The van der Waals surface area contributed by atoms with E-state index in [4.69, 9.17) is 0 Å². The summed E-state index contributed by atoms with van der Waals surface area (Å²) < 4.78 is 0. The Morgan fingerprint density at radius 3 is 1.50 bits per heavy atom. The summed E-state index contributed by atoms with van der Waals surface area (Å²) in [6.45, 7) is 46.7. The lowest BCUT2D eigenvalue weighted by molar-refractivity contribution is 0.195. The molecule has 0 bridgehead atoms. The number of anilines is 8. The number of rotatable bonds is 4. The Kier molecular flexibility index (Phi) is 12.0. The molecule has 2 unspecified atom stereocenters. The van der Waals surface area contributed by atoms with E-state index in [0.29, 0.717) is 0 Å². The summed E-state index contributed by atoms with van der Waals surface area (Å²) in [5.74, 6) is 0. The van der Waals surface area contributed by atoms with E-state index < -0.39 is 0 Å². The van der Waals surface area contributed by atoms with Crippen molar-refractivity contribution in [2.75, 3.05) is 14.7 Å². The lowest BCUT2D eigenvalue weighted by Gasteiger charge is -2.51. The second kappa shape index (κ2) is 17.8. The molecule has 6 aliphatic rings. The second-order valence-electron chi connectivity index (χ2n) is 32.7. The van der Waals surface area contributed by atoms with Crippen molar-refractivity contribution in [3.8, 4) is 11.1 Å². The Hall–Kier alpha value is -6.00. The molecule has 2 atom stereocenters. The van der Waals surface area contributed by atoms with Gasteiger partial charge in [0.15, 0.2) is 0 Å². The van der Waals surface area contributed by atoms with E-state index in [1.807, 2.05) is 0 Å². The Morgan fingerprint density at radius 1 is 0.366 bits per heavy atom. The van der Waals surface area contributed by atoms with Crippen LogP contribution in [0.15, 0.2) is 127 Å². The zero-order valence-electron chi connectivity index (χ0n) is 53.7. The van der Waals surface area contributed by atoms with Crippen LogP contribution >= 0.6 is 0 Å². The van der Waals surface area contributed by atoms with Crippen molar-refractivity contribution >= 4 is 68.6 Å². The maximum atomic E-state index is 2.88. The summed E-state index contributed by atoms with van der Waals surface area (Å²) in [6, 6.07) is 52.5. The van der Waals surface area contributed by atoms with E-state index in [-0.39, 0.29) is 55.6 Å². The van der Waals surface area contributed by atoms with Crippen LogP contribution in [0.25, 0.3) is 11.1 Å². The van der Waals surface area contributed by atoms with Crippen LogP contribution in [0, 0.1) is 0 Å². The van der Waals surface area contributed by atoms with Gasteiger partial charge < -0.3 is 14.7 Å². The summed E-state index contributed by atoms with van der Waals surface area (Å²) in [5, 5.41) is 0. The highest BCUT2D eigenvalue weighted by atomic mass is 15.3. The monoisotopic (exact) mass is 1080 g/mol. The highest BCUT2D eigenvalue weighted by molar-refractivity contribution is 7.00. The minimum atomic E-state index is -0.168. The maximum absolute atomic E-state index is 2.88. The Labute approximate surface area is 495 Å². The highest BCUT2D eigenvalue weighted by Crippen LogP contribution is 2.63. The molecular formula is C78H94BN3. The number of benzene rings is 7. The van der Waals surface area contributed by atoms with Gasteiger partial charge in [-0.3, -0.25) is 0 Å². The molecule has 4 heteroatoms. The van der Waals surface area contributed by atoms with E-state index in [9.17, 15) is 0 Å². The topological polar surface area (TPSA) is 9.72 Å². The van der Waals surface area contributed by atoms with Crippen molar-refractivity contribution in [1.29, 1.82) is 0 Å². The summed E-state index contributed by atoms with van der Waals surface area (Å²) in [4.78, 5) is 8.43. The average Bonchev–Trinajstić information content (AvgIpc) is 1.72. The van der Waals surface area contributed by atoms with E-state index in [1.54, 1.807) is 0 Å². The van der Waals surface area contributed by atoms with Gasteiger partial charge in [0.25, 0.3) is 6.71 Å². The van der Waals surface area contributed by atoms with E-state index in [2.05, 4.69) is 274 Å². The van der Waals surface area contributed by atoms with Crippen molar-refractivity contribution in [2.24, 2.45) is 0 Å². The SMILES string of the molecule is CC(C)(C)c1ccc(N2c3cc(C(C)(C)C)ccc3B3c4cc5c(cc4N(c4ccc6c(c4)C(C)(C)CCC6(C)C)c4cc(N6c7ccc(C(C)(C)C)cc7C7(C)CCCCC67C)cc2c43)C(C)(C)CCC5(C)C)c(-c2ccccc2)c1. The van der Waals surface area contributed by atoms with Crippen LogP contribution in [0.4, 0.5) is 45.5 Å². The standard InChI is InChI=1S/C78H94BN3/c1-70(2,3)50-28-33-63(55(41-50)49-25-21-20-22-26-49)81-65-43-52(72(7,8)9)27-32-61(65)79-62-47-58-59(76(16,17)40-39-75(58,14)15)48-66(62)80(53-30-31-56-57(44-53)74(12,13)38-37-73(56,10)11)67-45-54(46-68(81)69(67)79)82-64-34-29-51(71(4,5)6)42-60(64)77(18)35-23-24-36-78(77,82)19/h20-22,25-34,41-48H,23-24,35-40H2,1-19H3. The predicted octanol–water partition coefficient (Wildman–Crippen LogP) is 19.8. The second-order valence-corrected chi connectivity index (χ2v) is 32.7. The molecule has 0 saturated heterocycles. The van der Waals surface area contributed by atoms with Crippen LogP contribution in [0.3, 0.4) is 0 Å². The molecule has 0 radical (unpaired) electrons. The van der Waals surface area contributed by atoms with Crippen molar-refractivity contribution in [2.45, 2.75) is 232 Å². The zero-order chi connectivity index (χ0) is 58.4. The third-order valence-corrected chi connectivity index (χ3v) is 22.4.